The molecule has 0 radical (unpaired) electrons. The molecule has 0 spiro atoms. The first kappa shape index (κ1) is 8.81. The van der Waals surface area contributed by atoms with Crippen molar-refractivity contribution in [1.29, 1.82) is 0 Å². The van der Waals surface area contributed by atoms with E-state index in [1.54, 1.807) is 0 Å². The van der Waals surface area contributed by atoms with Gasteiger partial charge in [-0.3, -0.25) is 0 Å². The van der Waals surface area contributed by atoms with E-state index in [2.05, 4.69) is 17.6 Å². The van der Waals surface area contributed by atoms with E-state index in [1.165, 1.54) is 6.42 Å². The van der Waals surface area contributed by atoms with E-state index in [0.717, 1.165) is 18.9 Å². The van der Waals surface area contributed by atoms with Crippen molar-refractivity contribution >= 4 is 6.09 Å². The molecule has 4 heteroatoms. The van der Waals surface area contributed by atoms with Crippen LogP contribution in [0.15, 0.2) is 0 Å². The van der Waals surface area contributed by atoms with Crippen LogP contribution < -0.4 is 10.6 Å². The van der Waals surface area contributed by atoms with Crippen LogP contribution in [0.2, 0.25) is 0 Å². The predicted octanol–water partition coefficient (Wildman–Crippen LogP) is 0.483. The van der Waals surface area contributed by atoms with Crippen molar-refractivity contribution in [2.45, 2.75) is 31.9 Å². The summed E-state index contributed by atoms with van der Waals surface area (Å²) in [6.45, 7) is 4.01. The Hall–Kier alpha value is -0.770. The zero-order valence-electron chi connectivity index (χ0n) is 7.88. The third-order valence-corrected chi connectivity index (χ3v) is 2.74. The fourth-order valence-electron chi connectivity index (χ4n) is 2.08. The van der Waals surface area contributed by atoms with Crippen LogP contribution in [-0.2, 0) is 4.74 Å². The molecule has 2 aliphatic heterocycles. The molecule has 3 unspecified atom stereocenters. The number of nitrogens with one attached hydrogen (secondary N) is 2. The van der Waals surface area contributed by atoms with Gasteiger partial charge in [0.15, 0.2) is 0 Å². The number of carbonyl (C=O) groups excluding carboxylic acids is 1. The molecule has 4 nitrogen and oxygen atoms in total. The summed E-state index contributed by atoms with van der Waals surface area (Å²) in [6.07, 6.45) is 1.96. The van der Waals surface area contributed by atoms with Crippen molar-refractivity contribution in [3.63, 3.8) is 0 Å². The van der Waals surface area contributed by atoms with Gasteiger partial charge in [-0.1, -0.05) is 6.92 Å². The molecule has 0 saturated carbocycles. The highest BCUT2D eigenvalue weighted by atomic mass is 16.6. The number of amides is 1. The summed E-state index contributed by atoms with van der Waals surface area (Å²) in [7, 11) is 0. The molecule has 0 aliphatic carbocycles. The predicted molar refractivity (Wildman–Crippen MR) is 48.5 cm³/mol. The van der Waals surface area contributed by atoms with E-state index in [4.69, 9.17) is 4.74 Å². The third kappa shape index (κ3) is 2.12. The van der Waals surface area contributed by atoms with Gasteiger partial charge in [-0.25, -0.2) is 4.79 Å². The van der Waals surface area contributed by atoms with Crippen LogP contribution in [0.3, 0.4) is 0 Å². The molecule has 0 aromatic carbocycles. The number of hydrogen-bond donors (Lipinski definition) is 2. The molecule has 2 heterocycles. The van der Waals surface area contributed by atoms with Gasteiger partial charge < -0.3 is 15.4 Å². The highest BCUT2D eigenvalue weighted by molar-refractivity contribution is 5.69. The van der Waals surface area contributed by atoms with Crippen LogP contribution in [0.1, 0.15) is 19.8 Å². The highest BCUT2D eigenvalue weighted by Gasteiger charge is 2.28. The molecule has 0 aromatic heterocycles. The summed E-state index contributed by atoms with van der Waals surface area (Å²) in [5.74, 6) is 0.759. The lowest BCUT2D eigenvalue weighted by atomic mass is 10.0. The fraction of sp³-hybridized carbons (Fsp3) is 0.889. The summed E-state index contributed by atoms with van der Waals surface area (Å²) in [6, 6.07) is 0.535. The Labute approximate surface area is 78.0 Å². The Bertz CT molecular complexity index is 208. The minimum Gasteiger partial charge on any atom is -0.444 e. The van der Waals surface area contributed by atoms with Gasteiger partial charge >= 0.3 is 6.09 Å². The molecule has 1 amide bonds. The van der Waals surface area contributed by atoms with Crippen molar-refractivity contribution in [3.05, 3.63) is 0 Å². The van der Waals surface area contributed by atoms with Crippen molar-refractivity contribution in [1.82, 2.24) is 10.6 Å². The molecule has 2 fully saturated rings. The first-order chi connectivity index (χ1) is 6.24. The summed E-state index contributed by atoms with van der Waals surface area (Å²) in [5.41, 5.74) is 0. The van der Waals surface area contributed by atoms with Gasteiger partial charge in [0, 0.05) is 12.5 Å². The summed E-state index contributed by atoms with van der Waals surface area (Å²) in [4.78, 5) is 10.7. The van der Waals surface area contributed by atoms with Gasteiger partial charge in [0.2, 0.25) is 0 Å². The van der Waals surface area contributed by atoms with Crippen molar-refractivity contribution in [2.75, 3.05) is 13.1 Å². The zero-order chi connectivity index (χ0) is 9.26. The monoisotopic (exact) mass is 184 g/mol. The maximum Gasteiger partial charge on any atom is 0.407 e. The maximum absolute atomic E-state index is 10.7. The largest absolute Gasteiger partial charge is 0.444 e. The standard InChI is InChI=1S/C9H16N2O2/c1-6-2-7(10-4-6)3-8-5-11-9(12)13-8/h6-8,10H,2-5H2,1H3,(H,11,12). The highest BCUT2D eigenvalue weighted by Crippen LogP contribution is 2.18. The Morgan fingerprint density at radius 2 is 2.38 bits per heavy atom. The van der Waals surface area contributed by atoms with Crippen LogP contribution in [-0.4, -0.2) is 31.3 Å². The van der Waals surface area contributed by atoms with Gasteiger partial charge in [0.1, 0.15) is 6.10 Å². The van der Waals surface area contributed by atoms with Crippen LogP contribution in [0, 0.1) is 5.92 Å². The SMILES string of the molecule is CC1CNC(CC2CNC(=O)O2)C1. The smallest absolute Gasteiger partial charge is 0.407 e. The fourth-order valence-corrected chi connectivity index (χ4v) is 2.08. The number of carbonyl (C=O) groups is 1. The summed E-state index contributed by atoms with van der Waals surface area (Å²) >= 11 is 0. The van der Waals surface area contributed by atoms with E-state index in [1.807, 2.05) is 0 Å². The maximum atomic E-state index is 10.7. The molecule has 2 aliphatic rings. The summed E-state index contributed by atoms with van der Waals surface area (Å²) in [5, 5.41) is 6.09. The van der Waals surface area contributed by atoms with E-state index < -0.39 is 0 Å². The number of cyclic esters (lactones) is 1. The molecular weight excluding hydrogens is 168 g/mol. The Morgan fingerprint density at radius 1 is 1.54 bits per heavy atom. The number of ether oxygens (including phenoxy) is 1. The average Bonchev–Trinajstić information content (AvgIpc) is 2.62. The first-order valence-electron chi connectivity index (χ1n) is 4.92. The minimum atomic E-state index is -0.268. The molecule has 2 N–H and O–H groups in total. The van der Waals surface area contributed by atoms with Crippen LogP contribution in [0.25, 0.3) is 0 Å². The Balaban J connectivity index is 1.75. The van der Waals surface area contributed by atoms with E-state index in [-0.39, 0.29) is 12.2 Å². The van der Waals surface area contributed by atoms with Crippen molar-refractivity contribution in [3.8, 4) is 0 Å². The lowest BCUT2D eigenvalue weighted by Crippen LogP contribution is -2.28. The lowest BCUT2D eigenvalue weighted by molar-refractivity contribution is 0.130. The van der Waals surface area contributed by atoms with Crippen LogP contribution in [0.4, 0.5) is 4.79 Å². The van der Waals surface area contributed by atoms with Crippen molar-refractivity contribution < 1.29 is 9.53 Å². The number of alkyl carbamates (subject to hydrolysis) is 1. The molecule has 2 saturated heterocycles. The Kier molecular flexibility index (Phi) is 2.40. The third-order valence-electron chi connectivity index (χ3n) is 2.74. The molecule has 3 atom stereocenters. The van der Waals surface area contributed by atoms with E-state index in [0.29, 0.717) is 12.6 Å². The Morgan fingerprint density at radius 3 is 2.92 bits per heavy atom. The lowest BCUT2D eigenvalue weighted by Gasteiger charge is -2.13. The molecule has 2 rings (SSSR count). The molecule has 0 aromatic rings. The second kappa shape index (κ2) is 3.54. The van der Waals surface area contributed by atoms with E-state index >= 15 is 0 Å². The molecular formula is C9H16N2O2. The quantitative estimate of drug-likeness (QED) is 0.656. The molecule has 13 heavy (non-hydrogen) atoms. The van der Waals surface area contributed by atoms with Gasteiger partial charge in [0.25, 0.3) is 0 Å². The molecule has 0 bridgehead atoms. The topological polar surface area (TPSA) is 50.4 Å². The summed E-state index contributed by atoms with van der Waals surface area (Å²) < 4.78 is 5.07. The molecule has 74 valence electrons. The normalized spacial score (nSPS) is 38.8. The van der Waals surface area contributed by atoms with Crippen molar-refractivity contribution in [2.24, 2.45) is 5.92 Å². The number of rotatable bonds is 2. The van der Waals surface area contributed by atoms with Gasteiger partial charge in [0.05, 0.1) is 6.54 Å². The average molecular weight is 184 g/mol. The van der Waals surface area contributed by atoms with E-state index in [9.17, 15) is 4.79 Å². The van der Waals surface area contributed by atoms with Crippen LogP contribution in [0.5, 0.6) is 0 Å². The minimum absolute atomic E-state index is 0.0790. The zero-order valence-corrected chi connectivity index (χ0v) is 7.88. The van der Waals surface area contributed by atoms with Gasteiger partial charge in [-0.15, -0.1) is 0 Å². The first-order valence-corrected chi connectivity index (χ1v) is 4.92. The van der Waals surface area contributed by atoms with Gasteiger partial charge in [-0.05, 0) is 18.9 Å². The second-order valence-electron chi connectivity index (χ2n) is 4.09. The second-order valence-corrected chi connectivity index (χ2v) is 4.09. The number of hydrogen-bond acceptors (Lipinski definition) is 3. The van der Waals surface area contributed by atoms with Crippen LogP contribution >= 0.6 is 0 Å². The van der Waals surface area contributed by atoms with Gasteiger partial charge in [-0.2, -0.15) is 0 Å².